The number of unbranched alkanes of at least 4 members (excludes halogenated alkanes) is 1. The van der Waals surface area contributed by atoms with Crippen molar-refractivity contribution in [1.82, 2.24) is 4.98 Å². The zero-order chi connectivity index (χ0) is 19.4. The number of carbonyl (C=O) groups excluding carboxylic acids is 1. The molecule has 3 aromatic rings. The number of ether oxygens (including phenoxy) is 1. The predicted octanol–water partition coefficient (Wildman–Crippen LogP) is 5.79. The zero-order valence-corrected chi connectivity index (χ0v) is 15.3. The van der Waals surface area contributed by atoms with Crippen LogP contribution in [0.1, 0.15) is 35.7 Å². The fourth-order valence-corrected chi connectivity index (χ4v) is 3.49. The first-order valence-corrected chi connectivity index (χ1v) is 9.22. The summed E-state index contributed by atoms with van der Waals surface area (Å²) in [4.78, 5) is 16.7. The third-order valence-electron chi connectivity index (χ3n) is 3.82. The topological polar surface area (TPSA) is 51.2 Å². The van der Waals surface area contributed by atoms with Crippen molar-refractivity contribution in [2.45, 2.75) is 32.5 Å². The maximum absolute atomic E-state index is 12.3. The second-order valence-corrected chi connectivity index (χ2v) is 6.99. The number of nitrogens with zero attached hydrogens (tertiary/aromatic N) is 1. The fraction of sp³-hybridized carbons (Fsp3) is 0.263. The number of thiazole rings is 1. The highest BCUT2D eigenvalue weighted by Crippen LogP contribution is 2.28. The van der Waals surface area contributed by atoms with Gasteiger partial charge in [0.2, 0.25) is 0 Å². The Kier molecular flexibility index (Phi) is 5.65. The zero-order valence-electron chi connectivity index (χ0n) is 14.5. The molecule has 1 heterocycles. The molecule has 0 saturated heterocycles. The summed E-state index contributed by atoms with van der Waals surface area (Å²) in [7, 11) is 0. The number of rotatable bonds is 6. The molecule has 4 nitrogen and oxygen atoms in total. The number of hydrogen-bond acceptors (Lipinski definition) is 4. The van der Waals surface area contributed by atoms with E-state index < -0.39 is 18.0 Å². The van der Waals surface area contributed by atoms with Gasteiger partial charge in [-0.25, -0.2) is 4.98 Å². The van der Waals surface area contributed by atoms with Crippen LogP contribution in [0, 0.1) is 0 Å². The van der Waals surface area contributed by atoms with E-state index in [1.807, 2.05) is 12.1 Å². The maximum Gasteiger partial charge on any atom is 0.573 e. The second-order valence-electron chi connectivity index (χ2n) is 5.95. The Morgan fingerprint density at radius 1 is 1.22 bits per heavy atom. The molecule has 0 saturated carbocycles. The van der Waals surface area contributed by atoms with E-state index >= 15 is 0 Å². The molecule has 3 rings (SSSR count). The molecule has 0 aliphatic carbocycles. The molecular formula is C19H17F3N2O2S. The molecule has 0 atom stereocenters. The van der Waals surface area contributed by atoms with Gasteiger partial charge in [0, 0.05) is 5.56 Å². The average Bonchev–Trinajstić information content (AvgIpc) is 3.00. The Hall–Kier alpha value is -2.61. The van der Waals surface area contributed by atoms with Crippen LogP contribution in [-0.4, -0.2) is 17.3 Å². The van der Waals surface area contributed by atoms with Crippen LogP contribution in [0.5, 0.6) is 5.75 Å². The van der Waals surface area contributed by atoms with E-state index in [4.69, 9.17) is 0 Å². The molecule has 0 bridgehead atoms. The lowest BCUT2D eigenvalue weighted by atomic mass is 10.1. The number of halogens is 3. The van der Waals surface area contributed by atoms with Gasteiger partial charge in [-0.15, -0.1) is 13.2 Å². The number of nitrogens with one attached hydrogen (secondary N) is 1. The maximum atomic E-state index is 12.3. The van der Waals surface area contributed by atoms with Crippen LogP contribution in [0.25, 0.3) is 10.2 Å². The third kappa shape index (κ3) is 5.19. The molecule has 0 fully saturated rings. The Morgan fingerprint density at radius 3 is 2.78 bits per heavy atom. The van der Waals surface area contributed by atoms with Gasteiger partial charge < -0.3 is 4.74 Å². The van der Waals surface area contributed by atoms with Gasteiger partial charge in [0.1, 0.15) is 5.75 Å². The van der Waals surface area contributed by atoms with Crippen molar-refractivity contribution in [3.63, 3.8) is 0 Å². The fourth-order valence-electron chi connectivity index (χ4n) is 2.56. The highest BCUT2D eigenvalue weighted by Gasteiger charge is 2.31. The quantitative estimate of drug-likeness (QED) is 0.576. The van der Waals surface area contributed by atoms with E-state index in [-0.39, 0.29) is 5.56 Å². The van der Waals surface area contributed by atoms with Gasteiger partial charge >= 0.3 is 6.36 Å². The molecule has 0 unspecified atom stereocenters. The highest BCUT2D eigenvalue weighted by molar-refractivity contribution is 7.22. The standard InChI is InChI=1S/C19H17F3N2O2S/c1-2-3-5-12-8-9-15-16(10-12)27-18(23-15)24-17(25)13-6-4-7-14(11-13)26-19(20,21)22/h4,6-11H,2-3,5H2,1H3,(H,23,24,25). The van der Waals surface area contributed by atoms with Crippen LogP contribution in [0.2, 0.25) is 0 Å². The lowest BCUT2D eigenvalue weighted by molar-refractivity contribution is -0.274. The molecule has 0 radical (unpaired) electrons. The first-order chi connectivity index (χ1) is 12.8. The van der Waals surface area contributed by atoms with Gasteiger partial charge in [0.05, 0.1) is 10.2 Å². The number of aromatic nitrogens is 1. The van der Waals surface area contributed by atoms with Crippen LogP contribution in [0.15, 0.2) is 42.5 Å². The van der Waals surface area contributed by atoms with Crippen molar-refractivity contribution in [1.29, 1.82) is 0 Å². The Balaban J connectivity index is 1.74. The number of fused-ring (bicyclic) bond motifs is 1. The number of amides is 1. The molecule has 0 aliphatic heterocycles. The molecule has 1 amide bonds. The first-order valence-electron chi connectivity index (χ1n) is 8.40. The van der Waals surface area contributed by atoms with Crippen LogP contribution < -0.4 is 10.1 Å². The normalized spacial score (nSPS) is 11.6. The van der Waals surface area contributed by atoms with Crippen LogP contribution in [-0.2, 0) is 6.42 Å². The van der Waals surface area contributed by atoms with Gasteiger partial charge in [-0.2, -0.15) is 0 Å². The minimum atomic E-state index is -4.81. The third-order valence-corrected chi connectivity index (χ3v) is 4.76. The predicted molar refractivity (Wildman–Crippen MR) is 99.3 cm³/mol. The van der Waals surface area contributed by atoms with Crippen LogP contribution in [0.3, 0.4) is 0 Å². The molecule has 142 valence electrons. The van der Waals surface area contributed by atoms with E-state index in [1.54, 1.807) is 0 Å². The van der Waals surface area contributed by atoms with Gasteiger partial charge in [0.25, 0.3) is 5.91 Å². The largest absolute Gasteiger partial charge is 0.573 e. The van der Waals surface area contributed by atoms with Gasteiger partial charge in [-0.3, -0.25) is 10.1 Å². The van der Waals surface area contributed by atoms with E-state index in [0.29, 0.717) is 5.13 Å². The van der Waals surface area contributed by atoms with Gasteiger partial charge in [0.15, 0.2) is 5.13 Å². The van der Waals surface area contributed by atoms with E-state index in [0.717, 1.165) is 41.6 Å². The lowest BCUT2D eigenvalue weighted by Crippen LogP contribution is -2.18. The number of alkyl halides is 3. The molecule has 8 heteroatoms. The molecule has 1 aromatic heterocycles. The number of carbonyl (C=O) groups is 1. The average molecular weight is 394 g/mol. The molecule has 0 spiro atoms. The van der Waals surface area contributed by atoms with Crippen molar-refractivity contribution in [2.24, 2.45) is 0 Å². The molecular weight excluding hydrogens is 377 g/mol. The summed E-state index contributed by atoms with van der Waals surface area (Å²) in [6.45, 7) is 2.13. The summed E-state index contributed by atoms with van der Waals surface area (Å²) in [5, 5.41) is 3.03. The van der Waals surface area contributed by atoms with Crippen molar-refractivity contribution >= 4 is 32.6 Å². The Morgan fingerprint density at radius 2 is 2.04 bits per heavy atom. The van der Waals surface area contributed by atoms with Crippen LogP contribution in [0.4, 0.5) is 18.3 Å². The summed E-state index contributed by atoms with van der Waals surface area (Å²) in [5.41, 5.74) is 2.03. The first kappa shape index (κ1) is 19.2. The van der Waals surface area contributed by atoms with Crippen LogP contribution >= 0.6 is 11.3 Å². The van der Waals surface area contributed by atoms with Crippen molar-refractivity contribution in [2.75, 3.05) is 5.32 Å². The smallest absolute Gasteiger partial charge is 0.406 e. The highest BCUT2D eigenvalue weighted by atomic mass is 32.1. The Bertz CT molecular complexity index is 954. The summed E-state index contributed by atoms with van der Waals surface area (Å²) in [5.74, 6) is -0.993. The number of benzene rings is 2. The summed E-state index contributed by atoms with van der Waals surface area (Å²) < 4.78 is 41.7. The van der Waals surface area contributed by atoms with Crippen molar-refractivity contribution in [3.8, 4) is 5.75 Å². The van der Waals surface area contributed by atoms with E-state index in [1.165, 1.54) is 29.0 Å². The van der Waals surface area contributed by atoms with Gasteiger partial charge in [-0.05, 0) is 48.7 Å². The molecule has 27 heavy (non-hydrogen) atoms. The minimum absolute atomic E-state index is 0.0552. The second kappa shape index (κ2) is 7.96. The monoisotopic (exact) mass is 394 g/mol. The SMILES string of the molecule is CCCCc1ccc2nc(NC(=O)c3cccc(OC(F)(F)F)c3)sc2c1. The molecule has 0 aliphatic rings. The summed E-state index contributed by atoms with van der Waals surface area (Å²) >= 11 is 1.33. The number of anilines is 1. The van der Waals surface area contributed by atoms with E-state index in [2.05, 4.69) is 28.0 Å². The van der Waals surface area contributed by atoms with Crippen molar-refractivity contribution < 1.29 is 22.7 Å². The van der Waals surface area contributed by atoms with E-state index in [9.17, 15) is 18.0 Å². The number of aryl methyl sites for hydroxylation is 1. The van der Waals surface area contributed by atoms with Gasteiger partial charge in [-0.1, -0.05) is 36.8 Å². The van der Waals surface area contributed by atoms with Crippen molar-refractivity contribution in [3.05, 3.63) is 53.6 Å². The molecule has 2 aromatic carbocycles. The minimum Gasteiger partial charge on any atom is -0.406 e. The lowest BCUT2D eigenvalue weighted by Gasteiger charge is -2.09. The summed E-state index contributed by atoms with van der Waals surface area (Å²) in [6.07, 6.45) is -1.61. The molecule has 1 N–H and O–H groups in total. The number of hydrogen-bond donors (Lipinski definition) is 1. The Labute approximate surface area is 158 Å². The summed E-state index contributed by atoms with van der Waals surface area (Å²) in [6, 6.07) is 10.9.